The molecule has 7 heteroatoms. The van der Waals surface area contributed by atoms with Crippen molar-refractivity contribution in [2.45, 2.75) is 25.3 Å². The zero-order valence-electron chi connectivity index (χ0n) is 11.3. The molecule has 0 heterocycles. The summed E-state index contributed by atoms with van der Waals surface area (Å²) in [5.41, 5.74) is 0.554. The van der Waals surface area contributed by atoms with Gasteiger partial charge in [-0.15, -0.1) is 0 Å². The van der Waals surface area contributed by atoms with E-state index in [2.05, 4.69) is 21.2 Å². The molecule has 2 N–H and O–H groups in total. The number of hydrogen-bond acceptors (Lipinski definition) is 3. The second-order valence-electron chi connectivity index (χ2n) is 5.02. The quantitative estimate of drug-likeness (QED) is 0.769. The van der Waals surface area contributed by atoms with Crippen molar-refractivity contribution in [1.82, 2.24) is 4.90 Å². The summed E-state index contributed by atoms with van der Waals surface area (Å²) in [5, 5.41) is 12.0. The van der Waals surface area contributed by atoms with Crippen LogP contribution >= 0.6 is 27.5 Å². The van der Waals surface area contributed by atoms with Gasteiger partial charge in [-0.2, -0.15) is 0 Å². The molecule has 0 saturated heterocycles. The molecule has 1 aliphatic carbocycles. The average Bonchev–Trinajstić information content (AvgIpc) is 3.22. The second-order valence-corrected chi connectivity index (χ2v) is 6.34. The summed E-state index contributed by atoms with van der Waals surface area (Å²) < 4.78 is 0.839. The Morgan fingerprint density at radius 1 is 1.43 bits per heavy atom. The topological polar surface area (TPSA) is 69.6 Å². The maximum Gasteiger partial charge on any atom is 0.304 e. The van der Waals surface area contributed by atoms with Crippen LogP contribution in [0.1, 0.15) is 19.3 Å². The molecule has 114 valence electrons. The van der Waals surface area contributed by atoms with Gasteiger partial charge < -0.3 is 10.4 Å². The van der Waals surface area contributed by atoms with Crippen LogP contribution in [0.15, 0.2) is 22.7 Å². The first-order chi connectivity index (χ1) is 9.95. The highest BCUT2D eigenvalue weighted by Gasteiger charge is 2.30. The first kappa shape index (κ1) is 16.3. The zero-order valence-corrected chi connectivity index (χ0v) is 13.7. The molecule has 2 rings (SSSR count). The standard InChI is InChI=1S/C14H16BrClN2O3/c15-9-1-4-12(11(16)7-9)17-13(19)8-18(10-2-3-10)6-5-14(20)21/h1,4,7,10H,2-3,5-6,8H2,(H,17,19)(H,20,21). The molecule has 1 fully saturated rings. The summed E-state index contributed by atoms with van der Waals surface area (Å²) in [7, 11) is 0. The van der Waals surface area contributed by atoms with Crippen LogP contribution in [0.2, 0.25) is 5.02 Å². The SMILES string of the molecule is O=C(O)CCN(CC(=O)Nc1ccc(Br)cc1Cl)C1CC1. The van der Waals surface area contributed by atoms with Crippen LogP contribution in [-0.2, 0) is 9.59 Å². The summed E-state index contributed by atoms with van der Waals surface area (Å²) in [6.45, 7) is 0.575. The van der Waals surface area contributed by atoms with Gasteiger partial charge in [0.15, 0.2) is 0 Å². The van der Waals surface area contributed by atoms with Gasteiger partial charge in [0.25, 0.3) is 0 Å². The monoisotopic (exact) mass is 374 g/mol. The van der Waals surface area contributed by atoms with E-state index in [-0.39, 0.29) is 18.9 Å². The van der Waals surface area contributed by atoms with Gasteiger partial charge in [-0.25, -0.2) is 0 Å². The summed E-state index contributed by atoms with van der Waals surface area (Å²) in [6, 6.07) is 5.56. The summed E-state index contributed by atoms with van der Waals surface area (Å²) >= 11 is 9.35. The molecule has 0 radical (unpaired) electrons. The molecule has 21 heavy (non-hydrogen) atoms. The minimum atomic E-state index is -0.850. The molecule has 0 unspecified atom stereocenters. The Morgan fingerprint density at radius 3 is 2.71 bits per heavy atom. The number of nitrogens with one attached hydrogen (secondary N) is 1. The van der Waals surface area contributed by atoms with Gasteiger partial charge in [0.1, 0.15) is 0 Å². The Morgan fingerprint density at radius 2 is 2.14 bits per heavy atom. The van der Waals surface area contributed by atoms with E-state index in [9.17, 15) is 9.59 Å². The number of hydrogen-bond donors (Lipinski definition) is 2. The van der Waals surface area contributed by atoms with Crippen LogP contribution in [0.4, 0.5) is 5.69 Å². The normalized spacial score (nSPS) is 14.2. The molecule has 0 aromatic heterocycles. The minimum Gasteiger partial charge on any atom is -0.481 e. The maximum absolute atomic E-state index is 12.1. The van der Waals surface area contributed by atoms with E-state index >= 15 is 0 Å². The number of aliphatic carboxylic acids is 1. The van der Waals surface area contributed by atoms with Crippen LogP contribution in [0.3, 0.4) is 0 Å². The summed E-state index contributed by atoms with van der Waals surface area (Å²) in [4.78, 5) is 24.6. The molecule has 1 saturated carbocycles. The number of amides is 1. The van der Waals surface area contributed by atoms with E-state index in [0.717, 1.165) is 17.3 Å². The van der Waals surface area contributed by atoms with Crippen molar-refractivity contribution >= 4 is 45.1 Å². The molecule has 0 bridgehead atoms. The lowest BCUT2D eigenvalue weighted by Crippen LogP contribution is -2.36. The number of carbonyl (C=O) groups excluding carboxylic acids is 1. The van der Waals surface area contributed by atoms with Gasteiger partial charge in [0, 0.05) is 17.1 Å². The molecule has 1 aliphatic rings. The van der Waals surface area contributed by atoms with Gasteiger partial charge in [-0.1, -0.05) is 27.5 Å². The number of carboxylic acid groups (broad SMARTS) is 1. The van der Waals surface area contributed by atoms with Crippen molar-refractivity contribution in [1.29, 1.82) is 0 Å². The summed E-state index contributed by atoms with van der Waals surface area (Å²) in [5.74, 6) is -1.03. The molecule has 5 nitrogen and oxygen atoms in total. The Kier molecular flexibility index (Phi) is 5.61. The number of anilines is 1. The van der Waals surface area contributed by atoms with Crippen LogP contribution < -0.4 is 5.32 Å². The first-order valence-corrected chi connectivity index (χ1v) is 7.83. The molecule has 1 aromatic rings. The zero-order chi connectivity index (χ0) is 15.4. The van der Waals surface area contributed by atoms with Gasteiger partial charge >= 0.3 is 5.97 Å². The molecule has 0 atom stereocenters. The van der Waals surface area contributed by atoms with E-state index in [0.29, 0.717) is 23.3 Å². The van der Waals surface area contributed by atoms with E-state index in [1.54, 1.807) is 18.2 Å². The lowest BCUT2D eigenvalue weighted by atomic mass is 10.3. The number of rotatable bonds is 7. The first-order valence-electron chi connectivity index (χ1n) is 6.66. The third-order valence-electron chi connectivity index (χ3n) is 3.23. The molecule has 0 spiro atoms. The van der Waals surface area contributed by atoms with Crippen molar-refractivity contribution in [2.24, 2.45) is 0 Å². The number of carboxylic acids is 1. The smallest absolute Gasteiger partial charge is 0.304 e. The predicted molar refractivity (Wildman–Crippen MR) is 84.6 cm³/mol. The fraction of sp³-hybridized carbons (Fsp3) is 0.429. The van der Waals surface area contributed by atoms with Gasteiger partial charge in [-0.3, -0.25) is 14.5 Å². The van der Waals surface area contributed by atoms with Crippen LogP contribution in [0.5, 0.6) is 0 Å². The Hall–Kier alpha value is -1.11. The van der Waals surface area contributed by atoms with Gasteiger partial charge in [-0.05, 0) is 31.0 Å². The Balaban J connectivity index is 1.91. The minimum absolute atomic E-state index is 0.0445. The average molecular weight is 376 g/mol. The van der Waals surface area contributed by atoms with Gasteiger partial charge in [0.05, 0.1) is 23.7 Å². The van der Waals surface area contributed by atoms with E-state index in [1.165, 1.54) is 0 Å². The van der Waals surface area contributed by atoms with E-state index in [1.807, 2.05) is 4.90 Å². The fourth-order valence-corrected chi connectivity index (χ4v) is 2.76. The van der Waals surface area contributed by atoms with Gasteiger partial charge in [0.2, 0.25) is 5.91 Å². The molecular weight excluding hydrogens is 360 g/mol. The molecular formula is C14H16BrClN2O3. The molecule has 1 aromatic carbocycles. The summed E-state index contributed by atoms with van der Waals surface area (Å²) in [6.07, 6.45) is 2.08. The highest BCUT2D eigenvalue weighted by atomic mass is 79.9. The second kappa shape index (κ2) is 7.24. The van der Waals surface area contributed by atoms with Crippen molar-refractivity contribution in [3.05, 3.63) is 27.7 Å². The fourth-order valence-electron chi connectivity index (χ4n) is 2.03. The number of halogens is 2. The van der Waals surface area contributed by atoms with Crippen molar-refractivity contribution < 1.29 is 14.7 Å². The lowest BCUT2D eigenvalue weighted by molar-refractivity contribution is -0.137. The highest BCUT2D eigenvalue weighted by Crippen LogP contribution is 2.28. The largest absolute Gasteiger partial charge is 0.481 e. The number of benzene rings is 1. The molecule has 0 aliphatic heterocycles. The number of carbonyl (C=O) groups is 2. The predicted octanol–water partition coefficient (Wildman–Crippen LogP) is 2.98. The Bertz CT molecular complexity index is 549. The molecule has 1 amide bonds. The van der Waals surface area contributed by atoms with Crippen LogP contribution in [-0.4, -0.2) is 41.0 Å². The van der Waals surface area contributed by atoms with Crippen molar-refractivity contribution in [3.8, 4) is 0 Å². The van der Waals surface area contributed by atoms with Crippen molar-refractivity contribution in [2.75, 3.05) is 18.4 Å². The number of nitrogens with zero attached hydrogens (tertiary/aromatic N) is 1. The van der Waals surface area contributed by atoms with Crippen LogP contribution in [0.25, 0.3) is 0 Å². The van der Waals surface area contributed by atoms with E-state index in [4.69, 9.17) is 16.7 Å². The maximum atomic E-state index is 12.1. The lowest BCUT2D eigenvalue weighted by Gasteiger charge is -2.20. The highest BCUT2D eigenvalue weighted by molar-refractivity contribution is 9.10. The third-order valence-corrected chi connectivity index (χ3v) is 4.03. The van der Waals surface area contributed by atoms with E-state index < -0.39 is 5.97 Å². The van der Waals surface area contributed by atoms with Crippen LogP contribution in [0, 0.1) is 0 Å². The van der Waals surface area contributed by atoms with Crippen molar-refractivity contribution in [3.63, 3.8) is 0 Å². The third kappa shape index (κ3) is 5.30. The Labute approximate surface area is 136 Å².